The first-order valence-electron chi connectivity index (χ1n) is 24.7. The molecule has 0 N–H and O–H groups in total. The van der Waals surface area contributed by atoms with Crippen molar-refractivity contribution in [3.8, 4) is 67.5 Å². The Balaban J connectivity index is 0.846. The summed E-state index contributed by atoms with van der Waals surface area (Å²) in [5.74, 6) is 1.73. The van der Waals surface area contributed by atoms with Gasteiger partial charge in [0.05, 0.1) is 21.9 Å². The SMILES string of the molecule is c1cc(-c2cccc(-c3cc4c5ccccc5n5c6ccccc6c6cccc7oc3c(c76)c45)c2)cc(-c2nc(-c3ccc(-c4cccc5ccccc45)cc3)nc(-c3ccc4c(c3)oc3ccccc34)n2)c1. The maximum absolute atomic E-state index is 6.99. The summed E-state index contributed by atoms with van der Waals surface area (Å²) in [5, 5.41) is 11.6. The summed E-state index contributed by atoms with van der Waals surface area (Å²) in [6.45, 7) is 0. The second-order valence-corrected chi connectivity index (χ2v) is 19.1. The number of hydrogen-bond acceptors (Lipinski definition) is 5. The first kappa shape index (κ1) is 39.9. The highest BCUT2D eigenvalue weighted by Gasteiger charge is 2.25. The molecule has 338 valence electrons. The topological polar surface area (TPSA) is 69.4 Å². The largest absolute Gasteiger partial charge is 0.456 e. The van der Waals surface area contributed by atoms with E-state index in [0.29, 0.717) is 17.5 Å². The number of para-hydroxylation sites is 3. The number of furan rings is 2. The highest BCUT2D eigenvalue weighted by molar-refractivity contribution is 6.33. The Morgan fingerprint density at radius 3 is 1.62 bits per heavy atom. The van der Waals surface area contributed by atoms with Crippen LogP contribution < -0.4 is 0 Å². The van der Waals surface area contributed by atoms with Gasteiger partial charge in [0.2, 0.25) is 0 Å². The average molecular weight is 931 g/mol. The molecule has 11 aromatic carbocycles. The van der Waals surface area contributed by atoms with Crippen molar-refractivity contribution in [2.75, 3.05) is 0 Å². The van der Waals surface area contributed by atoms with E-state index in [-0.39, 0.29) is 0 Å². The predicted molar refractivity (Wildman–Crippen MR) is 299 cm³/mol. The maximum atomic E-state index is 6.99. The third kappa shape index (κ3) is 6.01. The molecule has 0 fully saturated rings. The zero-order valence-corrected chi connectivity index (χ0v) is 39.0. The Kier molecular flexibility index (Phi) is 8.36. The first-order chi connectivity index (χ1) is 36.2. The second-order valence-electron chi connectivity index (χ2n) is 19.1. The van der Waals surface area contributed by atoms with Crippen molar-refractivity contribution in [3.05, 3.63) is 231 Å². The molecule has 6 nitrogen and oxygen atoms in total. The molecule has 16 rings (SSSR count). The first-order valence-corrected chi connectivity index (χ1v) is 24.7. The van der Waals surface area contributed by atoms with Crippen LogP contribution in [0.4, 0.5) is 0 Å². The van der Waals surface area contributed by atoms with E-state index in [2.05, 4.69) is 211 Å². The summed E-state index contributed by atoms with van der Waals surface area (Å²) in [5.41, 5.74) is 16.1. The Labute approximate surface area is 417 Å². The van der Waals surface area contributed by atoms with E-state index in [1.807, 2.05) is 24.3 Å². The van der Waals surface area contributed by atoms with Crippen molar-refractivity contribution >= 4 is 92.7 Å². The van der Waals surface area contributed by atoms with E-state index in [4.69, 9.17) is 23.8 Å². The zero-order valence-electron chi connectivity index (χ0n) is 39.0. The lowest BCUT2D eigenvalue weighted by Crippen LogP contribution is -2.00. The second kappa shape index (κ2) is 15.3. The van der Waals surface area contributed by atoms with Crippen LogP contribution in [0.2, 0.25) is 0 Å². The van der Waals surface area contributed by atoms with Crippen molar-refractivity contribution in [2.24, 2.45) is 0 Å². The molecule has 5 heterocycles. The quantitative estimate of drug-likeness (QED) is 0.166. The van der Waals surface area contributed by atoms with Crippen LogP contribution in [0.5, 0.6) is 0 Å². The van der Waals surface area contributed by atoms with Gasteiger partial charge in [-0.2, -0.15) is 0 Å². The molecule has 0 amide bonds. The third-order valence-corrected chi connectivity index (χ3v) is 15.0. The molecular formula is C67H38N4O2. The fraction of sp³-hybridized carbons (Fsp3) is 0. The van der Waals surface area contributed by atoms with Gasteiger partial charge in [-0.3, -0.25) is 0 Å². The molecule has 0 spiro atoms. The summed E-state index contributed by atoms with van der Waals surface area (Å²) < 4.78 is 15.8. The van der Waals surface area contributed by atoms with Gasteiger partial charge in [0.1, 0.15) is 22.3 Å². The molecule has 0 saturated carbocycles. The molecule has 73 heavy (non-hydrogen) atoms. The zero-order chi connectivity index (χ0) is 47.7. The van der Waals surface area contributed by atoms with Crippen LogP contribution in [0.25, 0.3) is 160 Å². The van der Waals surface area contributed by atoms with Gasteiger partial charge >= 0.3 is 0 Å². The van der Waals surface area contributed by atoms with Gasteiger partial charge in [-0.05, 0) is 98.6 Å². The van der Waals surface area contributed by atoms with Gasteiger partial charge in [0, 0.05) is 54.6 Å². The predicted octanol–water partition coefficient (Wildman–Crippen LogP) is 18.0. The molecular weight excluding hydrogens is 893 g/mol. The standard InChI is InChI=1S/C67H38N4O2/c1-2-19-47-39(13-1)14-11-23-48(47)40-29-31-41(32-30-40)65-68-66(70-67(69-65)46-33-34-52-51-22-5-8-27-58(51)72-60(52)37-46)45-18-10-16-43(36-45)42-15-9-17-44(35-42)54-38-55-50-21-4-7-26-57(50)71-56-25-6-3-20-49(56)53-24-12-28-59-61(53)62(63(55)71)64(54)73-59/h1-38H. The van der Waals surface area contributed by atoms with Crippen LogP contribution in [0.3, 0.4) is 0 Å². The normalized spacial score (nSPS) is 12.1. The lowest BCUT2D eigenvalue weighted by Gasteiger charge is -2.11. The number of fused-ring (bicyclic) bond motifs is 10. The minimum absolute atomic E-state index is 0.565. The van der Waals surface area contributed by atoms with Gasteiger partial charge in [-0.25, -0.2) is 15.0 Å². The molecule has 5 aromatic heterocycles. The molecule has 0 radical (unpaired) electrons. The van der Waals surface area contributed by atoms with E-state index < -0.39 is 0 Å². The van der Waals surface area contributed by atoms with E-state index >= 15 is 0 Å². The summed E-state index contributed by atoms with van der Waals surface area (Å²) in [6.07, 6.45) is 0. The fourth-order valence-corrected chi connectivity index (χ4v) is 11.6. The van der Waals surface area contributed by atoms with Crippen LogP contribution in [0, 0.1) is 0 Å². The molecule has 0 bridgehead atoms. The lowest BCUT2D eigenvalue weighted by molar-refractivity contribution is 0.669. The summed E-state index contributed by atoms with van der Waals surface area (Å²) in [4.78, 5) is 15.6. The van der Waals surface area contributed by atoms with E-state index in [0.717, 1.165) is 88.4 Å². The average Bonchev–Trinajstić information content (AvgIpc) is 4.12. The van der Waals surface area contributed by atoms with E-state index in [9.17, 15) is 0 Å². The number of rotatable bonds is 6. The van der Waals surface area contributed by atoms with Crippen LogP contribution in [0.1, 0.15) is 0 Å². The minimum atomic E-state index is 0.565. The molecule has 16 aromatic rings. The smallest absolute Gasteiger partial charge is 0.164 e. The summed E-state index contributed by atoms with van der Waals surface area (Å²) >= 11 is 0. The van der Waals surface area contributed by atoms with Crippen LogP contribution >= 0.6 is 0 Å². The number of aromatic nitrogens is 4. The third-order valence-electron chi connectivity index (χ3n) is 15.0. The van der Waals surface area contributed by atoms with Crippen molar-refractivity contribution in [2.45, 2.75) is 0 Å². The van der Waals surface area contributed by atoms with Crippen LogP contribution in [0.15, 0.2) is 239 Å². The molecule has 0 aliphatic heterocycles. The van der Waals surface area contributed by atoms with Gasteiger partial charge in [0.25, 0.3) is 0 Å². The highest BCUT2D eigenvalue weighted by atomic mass is 16.3. The maximum Gasteiger partial charge on any atom is 0.164 e. The minimum Gasteiger partial charge on any atom is -0.456 e. The highest BCUT2D eigenvalue weighted by Crippen LogP contribution is 2.48. The molecule has 0 aliphatic rings. The lowest BCUT2D eigenvalue weighted by atomic mass is 9.94. The van der Waals surface area contributed by atoms with E-state index in [1.165, 1.54) is 54.4 Å². The Morgan fingerprint density at radius 2 is 0.822 bits per heavy atom. The Hall–Kier alpha value is -9.91. The van der Waals surface area contributed by atoms with Gasteiger partial charge in [-0.1, -0.05) is 176 Å². The Bertz CT molecular complexity index is 4920. The molecule has 0 aliphatic carbocycles. The van der Waals surface area contributed by atoms with Crippen LogP contribution in [-0.2, 0) is 0 Å². The number of hydrogen-bond donors (Lipinski definition) is 0. The number of nitrogens with zero attached hydrogens (tertiary/aromatic N) is 4. The fourth-order valence-electron chi connectivity index (χ4n) is 11.6. The van der Waals surface area contributed by atoms with Crippen molar-refractivity contribution < 1.29 is 8.83 Å². The van der Waals surface area contributed by atoms with Gasteiger partial charge in [-0.15, -0.1) is 0 Å². The molecule has 6 heteroatoms. The number of benzene rings is 11. The Morgan fingerprint density at radius 1 is 0.288 bits per heavy atom. The monoisotopic (exact) mass is 930 g/mol. The van der Waals surface area contributed by atoms with Crippen molar-refractivity contribution in [1.82, 2.24) is 19.4 Å². The van der Waals surface area contributed by atoms with Gasteiger partial charge in [0.15, 0.2) is 17.5 Å². The summed E-state index contributed by atoms with van der Waals surface area (Å²) in [6, 6.07) is 81.5. The van der Waals surface area contributed by atoms with Gasteiger partial charge < -0.3 is 13.2 Å². The van der Waals surface area contributed by atoms with Crippen molar-refractivity contribution in [1.29, 1.82) is 0 Å². The van der Waals surface area contributed by atoms with E-state index in [1.54, 1.807) is 0 Å². The van der Waals surface area contributed by atoms with Crippen LogP contribution in [-0.4, -0.2) is 19.4 Å². The van der Waals surface area contributed by atoms with Crippen molar-refractivity contribution in [3.63, 3.8) is 0 Å². The molecule has 0 saturated heterocycles. The summed E-state index contributed by atoms with van der Waals surface area (Å²) in [7, 11) is 0. The molecule has 0 unspecified atom stereocenters. The molecule has 0 atom stereocenters.